The van der Waals surface area contributed by atoms with Crippen LogP contribution in [0, 0.1) is 5.82 Å². The van der Waals surface area contributed by atoms with Crippen molar-refractivity contribution in [2.24, 2.45) is 5.84 Å². The molecule has 0 saturated heterocycles. The summed E-state index contributed by atoms with van der Waals surface area (Å²) in [6.45, 7) is 0. The molecule has 7 heteroatoms. The number of nitrogens with one attached hydrogen (secondary N) is 2. The molecule has 0 unspecified atom stereocenters. The Balaban J connectivity index is 2.29. The summed E-state index contributed by atoms with van der Waals surface area (Å²) in [6, 6.07) is 11.8. The molecule has 2 aromatic rings. The van der Waals surface area contributed by atoms with Crippen molar-refractivity contribution in [3.63, 3.8) is 0 Å². The molecule has 23 heavy (non-hydrogen) atoms. The van der Waals surface area contributed by atoms with Crippen LogP contribution in [-0.2, 0) is 4.79 Å². The summed E-state index contributed by atoms with van der Waals surface area (Å²) in [5.74, 6) is 3.45. The lowest BCUT2D eigenvalue weighted by Gasteiger charge is -2.10. The van der Waals surface area contributed by atoms with Gasteiger partial charge in [0.1, 0.15) is 11.5 Å². The van der Waals surface area contributed by atoms with E-state index in [9.17, 15) is 14.0 Å². The normalized spacial score (nSPS) is 11.0. The number of halogens is 2. The Kier molecular flexibility index (Phi) is 5.46. The van der Waals surface area contributed by atoms with E-state index >= 15 is 0 Å². The summed E-state index contributed by atoms with van der Waals surface area (Å²) in [6.07, 6.45) is 1.37. The van der Waals surface area contributed by atoms with Gasteiger partial charge >= 0.3 is 0 Å². The maximum absolute atomic E-state index is 12.9. The van der Waals surface area contributed by atoms with E-state index < -0.39 is 17.6 Å². The number of nitrogens with two attached hydrogens (primary N) is 1. The van der Waals surface area contributed by atoms with Gasteiger partial charge in [-0.15, -0.1) is 0 Å². The van der Waals surface area contributed by atoms with Crippen LogP contribution in [0.4, 0.5) is 4.39 Å². The van der Waals surface area contributed by atoms with Crippen LogP contribution in [0.3, 0.4) is 0 Å². The zero-order chi connectivity index (χ0) is 16.8. The topological polar surface area (TPSA) is 84.2 Å². The van der Waals surface area contributed by atoms with Gasteiger partial charge in [-0.2, -0.15) is 0 Å². The molecule has 0 aliphatic carbocycles. The molecule has 0 atom stereocenters. The number of hydrogen-bond acceptors (Lipinski definition) is 3. The third-order valence-electron chi connectivity index (χ3n) is 2.92. The van der Waals surface area contributed by atoms with Crippen LogP contribution >= 0.6 is 11.6 Å². The summed E-state index contributed by atoms with van der Waals surface area (Å²) < 4.78 is 12.9. The van der Waals surface area contributed by atoms with Crippen LogP contribution in [0.1, 0.15) is 15.9 Å². The van der Waals surface area contributed by atoms with Gasteiger partial charge in [0.15, 0.2) is 0 Å². The minimum absolute atomic E-state index is 0.0935. The van der Waals surface area contributed by atoms with Crippen molar-refractivity contribution in [2.75, 3.05) is 0 Å². The maximum atomic E-state index is 12.9. The summed E-state index contributed by atoms with van der Waals surface area (Å²) in [7, 11) is 0. The second-order valence-electron chi connectivity index (χ2n) is 4.52. The van der Waals surface area contributed by atoms with Crippen molar-refractivity contribution in [1.29, 1.82) is 0 Å². The van der Waals surface area contributed by atoms with E-state index in [0.717, 1.165) is 0 Å². The fourth-order valence-corrected chi connectivity index (χ4v) is 2.02. The van der Waals surface area contributed by atoms with Crippen LogP contribution in [0.5, 0.6) is 0 Å². The van der Waals surface area contributed by atoms with E-state index in [1.165, 1.54) is 36.4 Å². The van der Waals surface area contributed by atoms with Crippen molar-refractivity contribution in [3.8, 4) is 0 Å². The number of hydrogen-bond donors (Lipinski definition) is 3. The molecule has 0 aromatic heterocycles. The highest BCUT2D eigenvalue weighted by Crippen LogP contribution is 2.15. The average molecular weight is 334 g/mol. The molecule has 0 aliphatic rings. The van der Waals surface area contributed by atoms with Gasteiger partial charge in [0.2, 0.25) is 0 Å². The van der Waals surface area contributed by atoms with Crippen molar-refractivity contribution in [2.45, 2.75) is 0 Å². The third-order valence-corrected chi connectivity index (χ3v) is 3.25. The number of rotatable bonds is 4. The number of benzene rings is 2. The van der Waals surface area contributed by atoms with E-state index in [1.54, 1.807) is 18.2 Å². The number of amides is 2. The Bertz CT molecular complexity index is 760. The smallest absolute Gasteiger partial charge is 0.281 e. The SMILES string of the molecule is NNC(=O)C(=Cc1ccc(F)cc1)NC(=O)c1ccccc1Cl. The van der Waals surface area contributed by atoms with Crippen LogP contribution in [-0.4, -0.2) is 11.8 Å². The first-order valence-electron chi connectivity index (χ1n) is 6.55. The highest BCUT2D eigenvalue weighted by Gasteiger charge is 2.15. The van der Waals surface area contributed by atoms with Crippen LogP contribution in [0.15, 0.2) is 54.2 Å². The van der Waals surface area contributed by atoms with Crippen LogP contribution < -0.4 is 16.6 Å². The Labute approximate surface area is 136 Å². The zero-order valence-corrected chi connectivity index (χ0v) is 12.6. The Morgan fingerprint density at radius 3 is 2.35 bits per heavy atom. The number of hydrazine groups is 1. The molecule has 0 heterocycles. The molecular weight excluding hydrogens is 321 g/mol. The Hall–Kier alpha value is -2.70. The Morgan fingerprint density at radius 2 is 1.74 bits per heavy atom. The van der Waals surface area contributed by atoms with Crippen LogP contribution in [0.25, 0.3) is 6.08 Å². The van der Waals surface area contributed by atoms with E-state index in [4.69, 9.17) is 17.4 Å². The second kappa shape index (κ2) is 7.53. The van der Waals surface area contributed by atoms with Crippen molar-refractivity contribution in [1.82, 2.24) is 10.7 Å². The van der Waals surface area contributed by atoms with Gasteiger partial charge in [-0.25, -0.2) is 10.2 Å². The minimum atomic E-state index is -0.699. The minimum Gasteiger partial charge on any atom is -0.317 e. The lowest BCUT2D eigenvalue weighted by Crippen LogP contribution is -2.38. The first-order valence-corrected chi connectivity index (χ1v) is 6.93. The highest BCUT2D eigenvalue weighted by molar-refractivity contribution is 6.34. The van der Waals surface area contributed by atoms with Gasteiger partial charge in [-0.3, -0.25) is 15.0 Å². The summed E-state index contributed by atoms with van der Waals surface area (Å²) in [5.41, 5.74) is 2.58. The number of carbonyl (C=O) groups is 2. The van der Waals surface area contributed by atoms with Gasteiger partial charge in [0, 0.05) is 0 Å². The second-order valence-corrected chi connectivity index (χ2v) is 4.92. The van der Waals surface area contributed by atoms with Crippen molar-refractivity contribution >= 4 is 29.5 Å². The molecule has 0 fully saturated rings. The monoisotopic (exact) mass is 333 g/mol. The zero-order valence-electron chi connectivity index (χ0n) is 11.8. The first-order chi connectivity index (χ1) is 11.0. The molecule has 2 rings (SSSR count). The molecule has 0 saturated carbocycles. The van der Waals surface area contributed by atoms with Gasteiger partial charge in [-0.05, 0) is 35.9 Å². The molecule has 118 valence electrons. The molecule has 0 spiro atoms. The predicted molar refractivity (Wildman–Crippen MR) is 85.6 cm³/mol. The quantitative estimate of drug-likeness (QED) is 0.347. The largest absolute Gasteiger partial charge is 0.317 e. The fraction of sp³-hybridized carbons (Fsp3) is 0. The predicted octanol–water partition coefficient (Wildman–Crippen LogP) is 2.24. The third kappa shape index (κ3) is 4.38. The lowest BCUT2D eigenvalue weighted by molar-refractivity contribution is -0.117. The van der Waals surface area contributed by atoms with Gasteiger partial charge in [0.25, 0.3) is 11.8 Å². The van der Waals surface area contributed by atoms with Crippen molar-refractivity contribution < 1.29 is 14.0 Å². The summed E-state index contributed by atoms with van der Waals surface area (Å²) in [4.78, 5) is 24.0. The molecular formula is C16H13ClFN3O2. The lowest BCUT2D eigenvalue weighted by atomic mass is 10.1. The number of carbonyl (C=O) groups excluding carboxylic acids is 2. The molecule has 2 amide bonds. The van der Waals surface area contributed by atoms with Crippen molar-refractivity contribution in [3.05, 3.63) is 76.2 Å². The Morgan fingerprint density at radius 1 is 1.09 bits per heavy atom. The molecule has 4 N–H and O–H groups in total. The standard InChI is InChI=1S/C16H13ClFN3O2/c17-13-4-2-1-3-12(13)15(22)20-14(16(23)21-19)9-10-5-7-11(18)8-6-10/h1-9H,19H2,(H,20,22)(H,21,23). The molecule has 0 radical (unpaired) electrons. The van der Waals surface area contributed by atoms with Gasteiger partial charge < -0.3 is 5.32 Å². The van der Waals surface area contributed by atoms with Gasteiger partial charge in [0.05, 0.1) is 10.6 Å². The van der Waals surface area contributed by atoms with E-state index in [1.807, 2.05) is 5.43 Å². The van der Waals surface area contributed by atoms with E-state index in [2.05, 4.69) is 5.32 Å². The van der Waals surface area contributed by atoms with Crippen LogP contribution in [0.2, 0.25) is 5.02 Å². The molecule has 5 nitrogen and oxygen atoms in total. The maximum Gasteiger partial charge on any atom is 0.281 e. The van der Waals surface area contributed by atoms with E-state index in [-0.39, 0.29) is 16.3 Å². The fourth-order valence-electron chi connectivity index (χ4n) is 1.80. The van der Waals surface area contributed by atoms with Gasteiger partial charge in [-0.1, -0.05) is 35.9 Å². The highest BCUT2D eigenvalue weighted by atomic mass is 35.5. The average Bonchev–Trinajstić information content (AvgIpc) is 2.55. The summed E-state index contributed by atoms with van der Waals surface area (Å²) >= 11 is 5.95. The van der Waals surface area contributed by atoms with E-state index in [0.29, 0.717) is 5.56 Å². The molecule has 0 bridgehead atoms. The summed E-state index contributed by atoms with van der Waals surface area (Å²) in [5, 5.41) is 2.69. The molecule has 0 aliphatic heterocycles. The first kappa shape index (κ1) is 16.7. The molecule has 2 aromatic carbocycles.